The normalized spacial score (nSPS) is 12.1. The van der Waals surface area contributed by atoms with Crippen molar-refractivity contribution in [1.29, 1.82) is 0 Å². The van der Waals surface area contributed by atoms with E-state index < -0.39 is 12.0 Å². The van der Waals surface area contributed by atoms with Crippen molar-refractivity contribution in [3.63, 3.8) is 0 Å². The van der Waals surface area contributed by atoms with Gasteiger partial charge in [0.15, 0.2) is 0 Å². The van der Waals surface area contributed by atoms with Crippen molar-refractivity contribution in [2.75, 3.05) is 7.05 Å². The van der Waals surface area contributed by atoms with Gasteiger partial charge in [-0.3, -0.25) is 9.48 Å². The first-order valence-corrected chi connectivity index (χ1v) is 4.48. The van der Waals surface area contributed by atoms with E-state index in [9.17, 15) is 9.59 Å². The monoisotopic (exact) mass is 211 g/mol. The molecule has 1 aromatic rings. The predicted octanol–water partition coefficient (Wildman–Crippen LogP) is -0.185. The molecule has 1 aromatic heterocycles. The molecule has 82 valence electrons. The molecule has 0 bridgehead atoms. The number of carbonyl (C=O) groups excluding carboxylic acids is 1. The highest BCUT2D eigenvalue weighted by Gasteiger charge is 2.21. The molecule has 1 unspecified atom stereocenters. The fourth-order valence-corrected chi connectivity index (χ4v) is 1.03. The van der Waals surface area contributed by atoms with Crippen LogP contribution in [-0.4, -0.2) is 44.8 Å². The Bertz CT molecular complexity index is 347. The van der Waals surface area contributed by atoms with E-state index in [-0.39, 0.29) is 12.5 Å². The van der Waals surface area contributed by atoms with Crippen LogP contribution in [0.15, 0.2) is 18.5 Å². The van der Waals surface area contributed by atoms with Crippen LogP contribution in [0.3, 0.4) is 0 Å². The second-order valence-corrected chi connectivity index (χ2v) is 3.22. The van der Waals surface area contributed by atoms with Crippen molar-refractivity contribution in [3.05, 3.63) is 18.5 Å². The number of carboxylic acid groups (broad SMARTS) is 1. The first kappa shape index (κ1) is 11.2. The molecule has 0 aliphatic heterocycles. The molecule has 0 spiro atoms. The molecule has 0 radical (unpaired) electrons. The Kier molecular flexibility index (Phi) is 3.43. The van der Waals surface area contributed by atoms with Crippen molar-refractivity contribution >= 4 is 11.9 Å². The van der Waals surface area contributed by atoms with Gasteiger partial charge in [-0.15, -0.1) is 0 Å². The molecule has 1 amide bonds. The Balaban J connectivity index is 2.57. The number of likely N-dealkylation sites (N-methyl/N-ethyl adjacent to an activating group) is 1. The molecule has 1 N–H and O–H groups in total. The van der Waals surface area contributed by atoms with Gasteiger partial charge >= 0.3 is 5.97 Å². The minimum absolute atomic E-state index is 0.0567. The third-order valence-electron chi connectivity index (χ3n) is 2.19. The van der Waals surface area contributed by atoms with Gasteiger partial charge in [0, 0.05) is 19.4 Å². The van der Waals surface area contributed by atoms with Crippen molar-refractivity contribution in [2.45, 2.75) is 19.5 Å². The van der Waals surface area contributed by atoms with Crippen molar-refractivity contribution < 1.29 is 14.7 Å². The molecule has 0 saturated carbocycles. The summed E-state index contributed by atoms with van der Waals surface area (Å²) in [5.41, 5.74) is 0. The molecule has 1 rings (SSSR count). The fraction of sp³-hybridized carbons (Fsp3) is 0.444. The summed E-state index contributed by atoms with van der Waals surface area (Å²) < 4.78 is 1.45. The zero-order chi connectivity index (χ0) is 11.4. The van der Waals surface area contributed by atoms with Crippen LogP contribution in [0.2, 0.25) is 0 Å². The lowest BCUT2D eigenvalue weighted by atomic mass is 10.3. The van der Waals surface area contributed by atoms with Crippen LogP contribution in [0.4, 0.5) is 0 Å². The van der Waals surface area contributed by atoms with E-state index in [0.717, 1.165) is 0 Å². The number of aliphatic carboxylic acids is 1. The molecule has 1 heterocycles. The zero-order valence-corrected chi connectivity index (χ0v) is 8.62. The maximum atomic E-state index is 11.6. The van der Waals surface area contributed by atoms with E-state index in [0.29, 0.717) is 0 Å². The summed E-state index contributed by atoms with van der Waals surface area (Å²) in [6.45, 7) is 1.52. The number of rotatable bonds is 4. The first-order chi connectivity index (χ1) is 7.02. The Labute approximate surface area is 87.1 Å². The molecule has 6 nitrogen and oxygen atoms in total. The van der Waals surface area contributed by atoms with Crippen LogP contribution in [0.25, 0.3) is 0 Å². The van der Waals surface area contributed by atoms with Gasteiger partial charge in [-0.2, -0.15) is 5.10 Å². The summed E-state index contributed by atoms with van der Waals surface area (Å²) in [6.07, 6.45) is 3.21. The number of nitrogens with zero attached hydrogens (tertiary/aromatic N) is 3. The van der Waals surface area contributed by atoms with E-state index in [1.54, 1.807) is 18.5 Å². The fourth-order valence-electron chi connectivity index (χ4n) is 1.03. The number of carboxylic acids is 1. The summed E-state index contributed by atoms with van der Waals surface area (Å²) in [5.74, 6) is -1.31. The maximum Gasteiger partial charge on any atom is 0.326 e. The van der Waals surface area contributed by atoms with Gasteiger partial charge in [0.25, 0.3) is 0 Å². The smallest absolute Gasteiger partial charge is 0.326 e. The number of amides is 1. The predicted molar refractivity (Wildman–Crippen MR) is 52.1 cm³/mol. The average Bonchev–Trinajstić information content (AvgIpc) is 2.67. The highest BCUT2D eigenvalue weighted by atomic mass is 16.4. The van der Waals surface area contributed by atoms with Gasteiger partial charge in [0.05, 0.1) is 0 Å². The quantitative estimate of drug-likeness (QED) is 0.749. The summed E-state index contributed by atoms with van der Waals surface area (Å²) in [5, 5.41) is 12.6. The van der Waals surface area contributed by atoms with Crippen LogP contribution in [0.1, 0.15) is 6.92 Å². The lowest BCUT2D eigenvalue weighted by Crippen LogP contribution is -2.41. The second kappa shape index (κ2) is 4.59. The summed E-state index contributed by atoms with van der Waals surface area (Å²) in [7, 11) is 1.46. The van der Waals surface area contributed by atoms with Gasteiger partial charge in [-0.1, -0.05) is 0 Å². The van der Waals surface area contributed by atoms with Gasteiger partial charge in [-0.05, 0) is 13.0 Å². The molecule has 0 aromatic carbocycles. The van der Waals surface area contributed by atoms with Crippen molar-refractivity contribution in [1.82, 2.24) is 14.7 Å². The minimum Gasteiger partial charge on any atom is -0.480 e. The topological polar surface area (TPSA) is 75.4 Å². The summed E-state index contributed by atoms with van der Waals surface area (Å²) >= 11 is 0. The second-order valence-electron chi connectivity index (χ2n) is 3.22. The number of carbonyl (C=O) groups is 2. The van der Waals surface area contributed by atoms with Gasteiger partial charge in [-0.25, -0.2) is 4.79 Å². The third kappa shape index (κ3) is 2.80. The largest absolute Gasteiger partial charge is 0.480 e. The van der Waals surface area contributed by atoms with Crippen LogP contribution < -0.4 is 0 Å². The Morgan fingerprint density at radius 2 is 2.27 bits per heavy atom. The van der Waals surface area contributed by atoms with E-state index in [1.165, 1.54) is 23.6 Å². The summed E-state index contributed by atoms with van der Waals surface area (Å²) in [4.78, 5) is 23.4. The maximum absolute atomic E-state index is 11.6. The van der Waals surface area contributed by atoms with E-state index in [1.807, 2.05) is 0 Å². The Hall–Kier alpha value is -1.85. The van der Waals surface area contributed by atoms with Gasteiger partial charge < -0.3 is 10.0 Å². The molecule has 0 saturated heterocycles. The lowest BCUT2D eigenvalue weighted by molar-refractivity contribution is -0.148. The molecule has 1 atom stereocenters. The summed E-state index contributed by atoms with van der Waals surface area (Å²) in [6, 6.07) is 0.876. The molecule has 6 heteroatoms. The van der Waals surface area contributed by atoms with E-state index in [4.69, 9.17) is 5.11 Å². The van der Waals surface area contributed by atoms with Gasteiger partial charge in [0.1, 0.15) is 12.6 Å². The van der Waals surface area contributed by atoms with E-state index >= 15 is 0 Å². The molecule has 0 aliphatic rings. The minimum atomic E-state index is -1.02. The van der Waals surface area contributed by atoms with E-state index in [2.05, 4.69) is 5.10 Å². The van der Waals surface area contributed by atoms with Crippen molar-refractivity contribution in [3.8, 4) is 0 Å². The zero-order valence-electron chi connectivity index (χ0n) is 8.62. The van der Waals surface area contributed by atoms with Crippen LogP contribution in [0, 0.1) is 0 Å². The third-order valence-corrected chi connectivity index (χ3v) is 2.19. The van der Waals surface area contributed by atoms with Crippen LogP contribution in [-0.2, 0) is 16.1 Å². The molecular formula is C9H13N3O3. The number of aromatic nitrogens is 2. The number of hydrogen-bond acceptors (Lipinski definition) is 3. The molecular weight excluding hydrogens is 198 g/mol. The Morgan fingerprint density at radius 3 is 2.73 bits per heavy atom. The lowest BCUT2D eigenvalue weighted by Gasteiger charge is -2.21. The molecule has 15 heavy (non-hydrogen) atoms. The molecule has 0 fully saturated rings. The standard InChI is InChI=1S/C9H13N3O3/c1-7(9(14)15)11(2)8(13)6-12-5-3-4-10-12/h3-5,7H,6H2,1-2H3,(H,14,15). The van der Waals surface area contributed by atoms with Crippen LogP contribution in [0.5, 0.6) is 0 Å². The highest BCUT2D eigenvalue weighted by Crippen LogP contribution is 1.98. The van der Waals surface area contributed by atoms with Crippen molar-refractivity contribution in [2.24, 2.45) is 0 Å². The number of hydrogen-bond donors (Lipinski definition) is 1. The van der Waals surface area contributed by atoms with Crippen LogP contribution >= 0.6 is 0 Å². The molecule has 0 aliphatic carbocycles. The SMILES string of the molecule is CC(C(=O)O)N(C)C(=O)Cn1cccn1. The van der Waals surface area contributed by atoms with Gasteiger partial charge in [0.2, 0.25) is 5.91 Å². The average molecular weight is 211 g/mol. The Morgan fingerprint density at radius 1 is 1.60 bits per heavy atom. The first-order valence-electron chi connectivity index (χ1n) is 4.48. The highest BCUT2D eigenvalue weighted by molar-refractivity contribution is 5.82.